The van der Waals surface area contributed by atoms with Gasteiger partial charge in [0.1, 0.15) is 12.2 Å². The van der Waals surface area contributed by atoms with E-state index in [2.05, 4.69) is 81.4 Å². The average Bonchev–Trinajstić information content (AvgIpc) is 3.44. The Kier molecular flexibility index (Phi) is 8.68. The van der Waals surface area contributed by atoms with Gasteiger partial charge in [0, 0.05) is 32.6 Å². The van der Waals surface area contributed by atoms with Gasteiger partial charge in [0.15, 0.2) is 5.96 Å². The molecule has 30 heavy (non-hydrogen) atoms. The van der Waals surface area contributed by atoms with Crippen molar-refractivity contribution in [2.45, 2.75) is 52.6 Å². The Morgan fingerprint density at radius 3 is 2.60 bits per heavy atom. The third-order valence-corrected chi connectivity index (χ3v) is 5.50. The van der Waals surface area contributed by atoms with Gasteiger partial charge in [-0.15, -0.1) is 10.2 Å². The van der Waals surface area contributed by atoms with Crippen LogP contribution in [-0.2, 0) is 13.0 Å². The number of aliphatic imine (C=N–C) groups is 1. The SMILES string of the molecule is CCc1nncn1CCNC(=NCC(C)C)NCC(c1ccccc1)N1CCCC1. The number of hydrogen-bond donors (Lipinski definition) is 2. The lowest BCUT2D eigenvalue weighted by Crippen LogP contribution is -2.43. The largest absolute Gasteiger partial charge is 0.355 e. The Bertz CT molecular complexity index is 763. The molecule has 1 aliphatic rings. The topological polar surface area (TPSA) is 70.4 Å². The predicted molar refractivity (Wildman–Crippen MR) is 123 cm³/mol. The summed E-state index contributed by atoms with van der Waals surface area (Å²) in [4.78, 5) is 7.40. The van der Waals surface area contributed by atoms with Gasteiger partial charge in [0.25, 0.3) is 0 Å². The fourth-order valence-corrected chi connectivity index (χ4v) is 3.86. The van der Waals surface area contributed by atoms with Crippen LogP contribution in [0.15, 0.2) is 41.7 Å². The lowest BCUT2D eigenvalue weighted by molar-refractivity contribution is 0.245. The molecule has 3 rings (SSSR count). The maximum atomic E-state index is 4.81. The fourth-order valence-electron chi connectivity index (χ4n) is 3.86. The molecule has 7 heteroatoms. The molecule has 0 aliphatic carbocycles. The van der Waals surface area contributed by atoms with E-state index in [1.807, 2.05) is 0 Å². The molecule has 2 aromatic rings. The molecule has 0 radical (unpaired) electrons. The molecule has 164 valence electrons. The summed E-state index contributed by atoms with van der Waals surface area (Å²) in [6.45, 7) is 12.1. The minimum absolute atomic E-state index is 0.365. The zero-order valence-electron chi connectivity index (χ0n) is 18.7. The van der Waals surface area contributed by atoms with Crippen LogP contribution in [-0.4, -0.2) is 58.3 Å². The monoisotopic (exact) mass is 411 g/mol. The summed E-state index contributed by atoms with van der Waals surface area (Å²) in [6.07, 6.45) is 5.27. The van der Waals surface area contributed by atoms with Crippen LogP contribution in [0.4, 0.5) is 0 Å². The van der Waals surface area contributed by atoms with E-state index in [1.165, 1.54) is 31.5 Å². The lowest BCUT2D eigenvalue weighted by atomic mass is 10.1. The first-order chi connectivity index (χ1) is 14.7. The zero-order valence-corrected chi connectivity index (χ0v) is 18.7. The summed E-state index contributed by atoms with van der Waals surface area (Å²) in [6, 6.07) is 11.2. The maximum Gasteiger partial charge on any atom is 0.191 e. The van der Waals surface area contributed by atoms with Gasteiger partial charge in [-0.2, -0.15) is 0 Å². The highest BCUT2D eigenvalue weighted by molar-refractivity contribution is 5.79. The Morgan fingerprint density at radius 2 is 1.90 bits per heavy atom. The van der Waals surface area contributed by atoms with Gasteiger partial charge < -0.3 is 15.2 Å². The Morgan fingerprint density at radius 1 is 1.13 bits per heavy atom. The predicted octanol–water partition coefficient (Wildman–Crippen LogP) is 2.87. The van der Waals surface area contributed by atoms with Crippen LogP contribution in [0, 0.1) is 5.92 Å². The Balaban J connectivity index is 1.61. The third kappa shape index (κ3) is 6.55. The molecule has 1 saturated heterocycles. The summed E-state index contributed by atoms with van der Waals surface area (Å²) >= 11 is 0. The lowest BCUT2D eigenvalue weighted by Gasteiger charge is -2.29. The van der Waals surface area contributed by atoms with Crippen LogP contribution in [0.2, 0.25) is 0 Å². The van der Waals surface area contributed by atoms with E-state index < -0.39 is 0 Å². The van der Waals surface area contributed by atoms with Crippen LogP contribution in [0.5, 0.6) is 0 Å². The molecule has 1 atom stereocenters. The molecule has 0 amide bonds. The average molecular weight is 412 g/mol. The quantitative estimate of drug-likeness (QED) is 0.465. The first-order valence-corrected chi connectivity index (χ1v) is 11.3. The normalized spacial score (nSPS) is 16.2. The van der Waals surface area contributed by atoms with Crippen LogP contribution >= 0.6 is 0 Å². The van der Waals surface area contributed by atoms with Crippen molar-refractivity contribution in [3.63, 3.8) is 0 Å². The molecule has 2 N–H and O–H groups in total. The minimum atomic E-state index is 0.365. The second-order valence-electron chi connectivity index (χ2n) is 8.35. The molecule has 1 aliphatic heterocycles. The molecule has 1 fully saturated rings. The highest BCUT2D eigenvalue weighted by atomic mass is 15.3. The van der Waals surface area contributed by atoms with Crippen molar-refractivity contribution < 1.29 is 0 Å². The second-order valence-corrected chi connectivity index (χ2v) is 8.35. The van der Waals surface area contributed by atoms with E-state index in [0.29, 0.717) is 12.0 Å². The van der Waals surface area contributed by atoms with Gasteiger partial charge in [-0.1, -0.05) is 51.1 Å². The van der Waals surface area contributed by atoms with Crippen LogP contribution < -0.4 is 10.6 Å². The highest BCUT2D eigenvalue weighted by Gasteiger charge is 2.23. The molecular formula is C23H37N7. The van der Waals surface area contributed by atoms with Gasteiger partial charge in [-0.05, 0) is 37.4 Å². The number of nitrogens with one attached hydrogen (secondary N) is 2. The molecule has 0 bridgehead atoms. The number of aromatic nitrogens is 3. The van der Waals surface area contributed by atoms with E-state index in [4.69, 9.17) is 4.99 Å². The molecule has 0 saturated carbocycles. The van der Waals surface area contributed by atoms with E-state index in [0.717, 1.165) is 44.4 Å². The number of hydrogen-bond acceptors (Lipinski definition) is 4. The molecule has 1 unspecified atom stereocenters. The molecule has 2 heterocycles. The van der Waals surface area contributed by atoms with Crippen LogP contribution in [0.25, 0.3) is 0 Å². The zero-order chi connectivity index (χ0) is 21.2. The van der Waals surface area contributed by atoms with E-state index >= 15 is 0 Å². The number of likely N-dealkylation sites (tertiary alicyclic amines) is 1. The summed E-state index contributed by atoms with van der Waals surface area (Å²) in [5, 5.41) is 15.3. The van der Waals surface area contributed by atoms with E-state index in [-0.39, 0.29) is 0 Å². The second kappa shape index (κ2) is 11.7. The van der Waals surface area contributed by atoms with Gasteiger partial charge >= 0.3 is 0 Å². The van der Waals surface area contributed by atoms with Gasteiger partial charge in [-0.25, -0.2) is 0 Å². The number of nitrogens with zero attached hydrogens (tertiary/aromatic N) is 5. The van der Waals surface area contributed by atoms with Crippen molar-refractivity contribution in [2.24, 2.45) is 10.9 Å². The molecule has 0 spiro atoms. The summed E-state index contributed by atoms with van der Waals surface area (Å²) in [7, 11) is 0. The van der Waals surface area contributed by atoms with Crippen molar-refractivity contribution in [1.29, 1.82) is 0 Å². The van der Waals surface area contributed by atoms with Crippen molar-refractivity contribution in [2.75, 3.05) is 32.7 Å². The van der Waals surface area contributed by atoms with E-state index in [1.54, 1.807) is 6.33 Å². The van der Waals surface area contributed by atoms with Gasteiger partial charge in [-0.3, -0.25) is 9.89 Å². The van der Waals surface area contributed by atoms with Gasteiger partial charge in [0.05, 0.1) is 6.04 Å². The number of aryl methyl sites for hydroxylation is 1. The highest BCUT2D eigenvalue weighted by Crippen LogP contribution is 2.24. The number of benzene rings is 1. The van der Waals surface area contributed by atoms with Crippen molar-refractivity contribution in [3.8, 4) is 0 Å². The van der Waals surface area contributed by atoms with Crippen LogP contribution in [0.1, 0.15) is 51.0 Å². The first kappa shape index (κ1) is 22.3. The molecule has 7 nitrogen and oxygen atoms in total. The minimum Gasteiger partial charge on any atom is -0.355 e. The number of guanidine groups is 1. The van der Waals surface area contributed by atoms with Crippen LogP contribution in [0.3, 0.4) is 0 Å². The summed E-state index contributed by atoms with van der Waals surface area (Å²) in [5.41, 5.74) is 1.37. The summed E-state index contributed by atoms with van der Waals surface area (Å²) in [5.74, 6) is 2.43. The fraction of sp³-hybridized carbons (Fsp3) is 0.609. The van der Waals surface area contributed by atoms with Crippen molar-refractivity contribution in [3.05, 3.63) is 48.0 Å². The van der Waals surface area contributed by atoms with Crippen molar-refractivity contribution in [1.82, 2.24) is 30.3 Å². The maximum absolute atomic E-state index is 4.81. The Labute approximate surface area is 181 Å². The smallest absolute Gasteiger partial charge is 0.191 e. The van der Waals surface area contributed by atoms with Gasteiger partial charge in [0.2, 0.25) is 0 Å². The third-order valence-electron chi connectivity index (χ3n) is 5.50. The summed E-state index contributed by atoms with van der Waals surface area (Å²) < 4.78 is 2.10. The first-order valence-electron chi connectivity index (χ1n) is 11.3. The van der Waals surface area contributed by atoms with Crippen molar-refractivity contribution >= 4 is 5.96 Å². The van der Waals surface area contributed by atoms with E-state index in [9.17, 15) is 0 Å². The Hall–Kier alpha value is -2.41. The molecule has 1 aromatic heterocycles. The molecular weight excluding hydrogens is 374 g/mol. The number of rotatable bonds is 10. The standard InChI is InChI=1S/C23H37N7/c1-4-22-28-27-18-30(22)15-12-24-23(25-16-19(2)3)26-17-21(29-13-8-9-14-29)20-10-6-5-7-11-20/h5-7,10-11,18-19,21H,4,8-9,12-17H2,1-3H3,(H2,24,25,26). The molecule has 1 aromatic carbocycles.